The zero-order chi connectivity index (χ0) is 19.7. The second-order valence-electron chi connectivity index (χ2n) is 7.37. The Hall–Kier alpha value is -2.25. The molecule has 1 aliphatic heterocycles. The van der Waals surface area contributed by atoms with Gasteiger partial charge < -0.3 is 14.4 Å². The Labute approximate surface area is 151 Å². The van der Waals surface area contributed by atoms with Crippen molar-refractivity contribution in [3.05, 3.63) is 23.4 Å². The minimum atomic E-state index is -3.02. The Morgan fingerprint density at radius 1 is 1.35 bits per heavy atom. The van der Waals surface area contributed by atoms with Crippen LogP contribution in [0.4, 0.5) is 13.6 Å². The van der Waals surface area contributed by atoms with Gasteiger partial charge in [-0.15, -0.1) is 0 Å². The summed E-state index contributed by atoms with van der Waals surface area (Å²) in [5, 5.41) is 0. The van der Waals surface area contributed by atoms with E-state index in [0.717, 1.165) is 0 Å². The summed E-state index contributed by atoms with van der Waals surface area (Å²) in [6.07, 6.45) is 0.145. The smallest absolute Gasteiger partial charge is 0.410 e. The van der Waals surface area contributed by atoms with Gasteiger partial charge >= 0.3 is 6.09 Å². The predicted molar refractivity (Wildman–Crippen MR) is 90.9 cm³/mol. The Morgan fingerprint density at radius 3 is 2.54 bits per heavy atom. The number of carbonyl (C=O) groups excluding carboxylic acids is 2. The summed E-state index contributed by atoms with van der Waals surface area (Å²) < 4.78 is 39.3. The molecule has 144 valence electrons. The highest BCUT2D eigenvalue weighted by Crippen LogP contribution is 2.41. The van der Waals surface area contributed by atoms with Crippen LogP contribution in [-0.2, 0) is 4.74 Å². The van der Waals surface area contributed by atoms with E-state index < -0.39 is 30.0 Å². The molecule has 0 aromatic carbocycles. The summed E-state index contributed by atoms with van der Waals surface area (Å²) in [6, 6.07) is 1.37. The molecule has 0 N–H and O–H groups in total. The fourth-order valence-corrected chi connectivity index (χ4v) is 2.82. The molecule has 1 saturated heterocycles. The van der Waals surface area contributed by atoms with Crippen LogP contribution < -0.4 is 4.74 Å². The van der Waals surface area contributed by atoms with Crippen LogP contribution in [0.3, 0.4) is 0 Å². The number of hydrogen-bond donors (Lipinski definition) is 0. The molecule has 6 nitrogen and oxygen atoms in total. The molecule has 0 spiro atoms. The van der Waals surface area contributed by atoms with Gasteiger partial charge in [-0.05, 0) is 39.3 Å². The lowest BCUT2D eigenvalue weighted by Gasteiger charge is -2.39. The number of hydrogen-bond acceptors (Lipinski definition) is 5. The van der Waals surface area contributed by atoms with Crippen molar-refractivity contribution in [2.75, 3.05) is 20.2 Å². The number of aromatic nitrogens is 1. The number of carbonyl (C=O) groups is 2. The summed E-state index contributed by atoms with van der Waals surface area (Å²) >= 11 is 0. The van der Waals surface area contributed by atoms with Crippen molar-refractivity contribution in [1.29, 1.82) is 0 Å². The molecule has 0 aliphatic carbocycles. The zero-order valence-electron chi connectivity index (χ0n) is 15.6. The van der Waals surface area contributed by atoms with Crippen molar-refractivity contribution in [2.45, 2.75) is 51.6 Å². The van der Waals surface area contributed by atoms with Gasteiger partial charge in [-0.3, -0.25) is 4.79 Å². The molecule has 1 aromatic heterocycles. The van der Waals surface area contributed by atoms with Crippen molar-refractivity contribution >= 4 is 11.9 Å². The van der Waals surface area contributed by atoms with E-state index in [1.54, 1.807) is 20.8 Å². The van der Waals surface area contributed by atoms with Gasteiger partial charge in [0.05, 0.1) is 18.6 Å². The van der Waals surface area contributed by atoms with Crippen molar-refractivity contribution in [1.82, 2.24) is 9.88 Å². The molecule has 8 heteroatoms. The van der Waals surface area contributed by atoms with Gasteiger partial charge in [-0.1, -0.05) is 0 Å². The molecule has 1 aromatic rings. The number of pyridine rings is 1. The number of methoxy groups -OCH3 is 1. The summed E-state index contributed by atoms with van der Waals surface area (Å²) in [6.45, 7) is 6.15. The van der Waals surface area contributed by atoms with Crippen LogP contribution in [0.1, 0.15) is 56.0 Å². The highest BCUT2D eigenvalue weighted by Gasteiger charge is 2.47. The first kappa shape index (κ1) is 20.1. The number of amides is 1. The number of nitrogens with zero attached hydrogens (tertiary/aromatic N) is 2. The number of likely N-dealkylation sites (tertiary alicyclic amines) is 1. The molecule has 2 heterocycles. The van der Waals surface area contributed by atoms with Gasteiger partial charge in [-0.25, -0.2) is 18.6 Å². The van der Waals surface area contributed by atoms with Crippen molar-refractivity contribution in [3.8, 4) is 5.88 Å². The maximum atomic E-state index is 14.5. The Bertz CT molecular complexity index is 701. The highest BCUT2D eigenvalue weighted by atomic mass is 19.3. The third-order valence-electron chi connectivity index (χ3n) is 4.13. The van der Waals surface area contributed by atoms with E-state index in [0.29, 0.717) is 0 Å². The van der Waals surface area contributed by atoms with Crippen molar-refractivity contribution in [2.24, 2.45) is 0 Å². The lowest BCUT2D eigenvalue weighted by molar-refractivity contribution is -0.0772. The van der Waals surface area contributed by atoms with Crippen molar-refractivity contribution in [3.63, 3.8) is 0 Å². The number of halogens is 2. The molecular formula is C18H24F2N2O4. The molecular weight excluding hydrogens is 346 g/mol. The van der Waals surface area contributed by atoms with Crippen LogP contribution in [0.15, 0.2) is 12.3 Å². The van der Waals surface area contributed by atoms with E-state index in [1.807, 2.05) is 0 Å². The minimum absolute atomic E-state index is 0.0874. The molecule has 1 aliphatic rings. The third-order valence-corrected chi connectivity index (χ3v) is 4.13. The van der Waals surface area contributed by atoms with Gasteiger partial charge in [0.15, 0.2) is 5.78 Å². The number of Topliss-reactive ketones (excluding diaryl/α,β-unsaturated/α-hetero) is 1. The van der Waals surface area contributed by atoms with Crippen LogP contribution in [0.25, 0.3) is 0 Å². The van der Waals surface area contributed by atoms with E-state index in [9.17, 15) is 18.4 Å². The highest BCUT2D eigenvalue weighted by molar-refractivity contribution is 5.96. The first-order chi connectivity index (χ1) is 11.9. The van der Waals surface area contributed by atoms with E-state index in [2.05, 4.69) is 4.98 Å². The van der Waals surface area contributed by atoms with E-state index in [1.165, 1.54) is 31.2 Å². The molecule has 26 heavy (non-hydrogen) atoms. The number of ether oxygens (including phenoxy) is 2. The summed E-state index contributed by atoms with van der Waals surface area (Å²) in [7, 11) is 1.36. The van der Waals surface area contributed by atoms with Crippen LogP contribution in [0, 0.1) is 0 Å². The summed E-state index contributed by atoms with van der Waals surface area (Å²) in [5.41, 5.74) is -0.389. The van der Waals surface area contributed by atoms with E-state index >= 15 is 0 Å². The van der Waals surface area contributed by atoms with Crippen LogP contribution in [-0.4, -0.2) is 53.5 Å². The number of alkyl halides is 2. The van der Waals surface area contributed by atoms with Crippen LogP contribution >= 0.6 is 0 Å². The van der Waals surface area contributed by atoms with Crippen LogP contribution in [0.2, 0.25) is 0 Å². The standard InChI is InChI=1S/C18H24F2N2O4/c1-11(23)13-8-12(9-21-15(13)25-5)14-10-22(7-6-18(14,19)20)16(24)26-17(2,3)4/h8-9,14H,6-7,10H2,1-5H3/t14-/m1/s1. The molecule has 0 radical (unpaired) electrons. The van der Waals surface area contributed by atoms with Gasteiger partial charge in [0, 0.05) is 25.7 Å². The fraction of sp³-hybridized carbons (Fsp3) is 0.611. The average Bonchev–Trinajstić information content (AvgIpc) is 2.52. The largest absolute Gasteiger partial charge is 0.480 e. The topological polar surface area (TPSA) is 68.7 Å². The fourth-order valence-electron chi connectivity index (χ4n) is 2.82. The predicted octanol–water partition coefficient (Wildman–Crippen LogP) is 3.65. The number of ketones is 1. The first-order valence-corrected chi connectivity index (χ1v) is 8.35. The van der Waals surface area contributed by atoms with E-state index in [4.69, 9.17) is 9.47 Å². The maximum Gasteiger partial charge on any atom is 0.410 e. The monoisotopic (exact) mass is 370 g/mol. The lowest BCUT2D eigenvalue weighted by Crippen LogP contribution is -2.49. The minimum Gasteiger partial charge on any atom is -0.480 e. The second kappa shape index (κ2) is 7.17. The van der Waals surface area contributed by atoms with Gasteiger partial charge in [0.2, 0.25) is 5.88 Å². The molecule has 1 atom stereocenters. The lowest BCUT2D eigenvalue weighted by atomic mass is 9.87. The maximum absolute atomic E-state index is 14.5. The second-order valence-corrected chi connectivity index (χ2v) is 7.37. The molecule has 1 amide bonds. The van der Waals surface area contributed by atoms with Crippen molar-refractivity contribution < 1.29 is 27.8 Å². The summed E-state index contributed by atoms with van der Waals surface area (Å²) in [5.74, 6) is -4.55. The third kappa shape index (κ3) is 4.47. The Balaban J connectivity index is 2.32. The SMILES string of the molecule is COc1ncc([C@H]2CN(C(=O)OC(C)(C)C)CCC2(F)F)cc1C(C)=O. The molecule has 0 unspecified atom stereocenters. The normalized spacial score (nSPS) is 19.8. The average molecular weight is 370 g/mol. The summed E-state index contributed by atoms with van der Waals surface area (Å²) in [4.78, 5) is 29.3. The number of piperidine rings is 1. The van der Waals surface area contributed by atoms with Crippen LogP contribution in [0.5, 0.6) is 5.88 Å². The van der Waals surface area contributed by atoms with Gasteiger partial charge in [0.25, 0.3) is 5.92 Å². The molecule has 1 fully saturated rings. The zero-order valence-corrected chi connectivity index (χ0v) is 15.6. The molecule has 2 rings (SSSR count). The Kier molecular flexibility index (Phi) is 5.53. The molecule has 0 bridgehead atoms. The van der Waals surface area contributed by atoms with Gasteiger partial charge in [-0.2, -0.15) is 0 Å². The molecule has 0 saturated carbocycles. The Morgan fingerprint density at radius 2 is 2.00 bits per heavy atom. The quantitative estimate of drug-likeness (QED) is 0.760. The van der Waals surface area contributed by atoms with E-state index in [-0.39, 0.29) is 35.9 Å². The van der Waals surface area contributed by atoms with Gasteiger partial charge in [0.1, 0.15) is 5.60 Å². The first-order valence-electron chi connectivity index (χ1n) is 8.35. The number of rotatable bonds is 3.